The fraction of sp³-hybridized carbons (Fsp3) is 0.417. The highest BCUT2D eigenvalue weighted by molar-refractivity contribution is 6.00. The van der Waals surface area contributed by atoms with Gasteiger partial charge < -0.3 is 4.74 Å². The standard InChI is InChI=1S/C12H11FO2/c13-8-3-1-7(2-4-8)12(14)11-9-5-15-6-10(9)11/h1-4,9-11H,5-6H2. The van der Waals surface area contributed by atoms with Gasteiger partial charge in [-0.05, 0) is 36.1 Å². The van der Waals surface area contributed by atoms with Gasteiger partial charge in [0.25, 0.3) is 0 Å². The van der Waals surface area contributed by atoms with E-state index in [1.165, 1.54) is 12.1 Å². The Morgan fingerprint density at radius 1 is 1.20 bits per heavy atom. The summed E-state index contributed by atoms with van der Waals surface area (Å²) in [7, 11) is 0. The van der Waals surface area contributed by atoms with Crippen molar-refractivity contribution in [3.8, 4) is 0 Å². The molecule has 1 aromatic rings. The van der Waals surface area contributed by atoms with Gasteiger partial charge in [0, 0.05) is 11.5 Å². The lowest BCUT2D eigenvalue weighted by Crippen LogP contribution is -2.09. The Morgan fingerprint density at radius 2 is 1.80 bits per heavy atom. The number of ketones is 1. The molecule has 2 nitrogen and oxygen atoms in total. The van der Waals surface area contributed by atoms with Gasteiger partial charge in [0.1, 0.15) is 5.82 Å². The number of rotatable bonds is 2. The Bertz CT molecular complexity index is 389. The van der Waals surface area contributed by atoms with E-state index >= 15 is 0 Å². The molecule has 78 valence electrons. The van der Waals surface area contributed by atoms with Gasteiger partial charge in [0.15, 0.2) is 5.78 Å². The number of carbonyl (C=O) groups is 1. The highest BCUT2D eigenvalue weighted by Crippen LogP contribution is 2.52. The van der Waals surface area contributed by atoms with Gasteiger partial charge >= 0.3 is 0 Å². The molecule has 0 N–H and O–H groups in total. The van der Waals surface area contributed by atoms with Crippen molar-refractivity contribution in [2.24, 2.45) is 17.8 Å². The molecule has 1 aliphatic carbocycles. The second kappa shape index (κ2) is 3.14. The number of fused-ring (bicyclic) bond motifs is 1. The van der Waals surface area contributed by atoms with E-state index in [1.807, 2.05) is 0 Å². The maximum atomic E-state index is 12.7. The molecule has 1 saturated heterocycles. The second-order valence-electron chi connectivity index (χ2n) is 4.26. The molecule has 0 spiro atoms. The van der Waals surface area contributed by atoms with Crippen LogP contribution < -0.4 is 0 Å². The van der Waals surface area contributed by atoms with E-state index in [1.54, 1.807) is 12.1 Å². The van der Waals surface area contributed by atoms with Crippen molar-refractivity contribution in [2.75, 3.05) is 13.2 Å². The minimum atomic E-state index is -0.300. The van der Waals surface area contributed by atoms with Crippen LogP contribution in [0.3, 0.4) is 0 Å². The molecule has 0 aromatic heterocycles. The first-order valence-electron chi connectivity index (χ1n) is 5.15. The summed E-state index contributed by atoms with van der Waals surface area (Å²) >= 11 is 0. The van der Waals surface area contributed by atoms with Gasteiger partial charge in [-0.1, -0.05) is 0 Å². The molecule has 0 radical (unpaired) electrons. The molecule has 2 aliphatic rings. The van der Waals surface area contributed by atoms with Gasteiger partial charge in [0.05, 0.1) is 13.2 Å². The Balaban J connectivity index is 1.78. The third kappa shape index (κ3) is 1.38. The molecular weight excluding hydrogens is 195 g/mol. The van der Waals surface area contributed by atoms with Gasteiger partial charge in [-0.25, -0.2) is 4.39 Å². The number of carbonyl (C=O) groups excluding carboxylic acids is 1. The molecule has 1 saturated carbocycles. The fourth-order valence-corrected chi connectivity index (χ4v) is 2.44. The van der Waals surface area contributed by atoms with Crippen LogP contribution in [0, 0.1) is 23.6 Å². The number of hydrogen-bond acceptors (Lipinski definition) is 2. The number of hydrogen-bond donors (Lipinski definition) is 0. The molecule has 0 bridgehead atoms. The minimum Gasteiger partial charge on any atom is -0.381 e. The lowest BCUT2D eigenvalue weighted by Gasteiger charge is -2.03. The minimum absolute atomic E-state index is 0.129. The zero-order valence-corrected chi connectivity index (χ0v) is 8.15. The number of benzene rings is 1. The Morgan fingerprint density at radius 3 is 2.40 bits per heavy atom. The summed E-state index contributed by atoms with van der Waals surface area (Å²) in [6.07, 6.45) is 0. The topological polar surface area (TPSA) is 26.3 Å². The summed E-state index contributed by atoms with van der Waals surface area (Å²) in [5.74, 6) is 0.813. The van der Waals surface area contributed by atoms with Crippen molar-refractivity contribution in [2.45, 2.75) is 0 Å². The molecule has 3 heteroatoms. The largest absolute Gasteiger partial charge is 0.381 e. The lowest BCUT2D eigenvalue weighted by molar-refractivity contribution is 0.0893. The fourth-order valence-electron chi connectivity index (χ4n) is 2.44. The quantitative estimate of drug-likeness (QED) is 0.691. The molecule has 3 rings (SSSR count). The summed E-state index contributed by atoms with van der Waals surface area (Å²) in [6, 6.07) is 5.79. The Labute approximate surface area is 87.0 Å². The van der Waals surface area contributed by atoms with Gasteiger partial charge in [-0.3, -0.25) is 4.79 Å². The van der Waals surface area contributed by atoms with Gasteiger partial charge in [0.2, 0.25) is 0 Å². The maximum Gasteiger partial charge on any atom is 0.166 e. The third-order valence-electron chi connectivity index (χ3n) is 3.38. The highest BCUT2D eigenvalue weighted by atomic mass is 19.1. The van der Waals surface area contributed by atoms with Crippen LogP contribution in [-0.4, -0.2) is 19.0 Å². The van der Waals surface area contributed by atoms with Gasteiger partial charge in [-0.15, -0.1) is 0 Å². The smallest absolute Gasteiger partial charge is 0.166 e. The molecule has 1 aromatic carbocycles. The average molecular weight is 206 g/mol. The lowest BCUT2D eigenvalue weighted by atomic mass is 10.1. The van der Waals surface area contributed by atoms with E-state index < -0.39 is 0 Å². The van der Waals surface area contributed by atoms with Crippen LogP contribution >= 0.6 is 0 Å². The van der Waals surface area contributed by atoms with Crippen LogP contribution in [0.4, 0.5) is 4.39 Å². The average Bonchev–Trinajstić information content (AvgIpc) is 2.72. The van der Waals surface area contributed by atoms with Crippen molar-refractivity contribution in [1.29, 1.82) is 0 Å². The zero-order chi connectivity index (χ0) is 10.4. The number of ether oxygens (including phenoxy) is 1. The van der Waals surface area contributed by atoms with Gasteiger partial charge in [-0.2, -0.15) is 0 Å². The SMILES string of the molecule is O=C(c1ccc(F)cc1)C1C2COCC21. The third-order valence-corrected chi connectivity index (χ3v) is 3.38. The Hall–Kier alpha value is -1.22. The van der Waals surface area contributed by atoms with E-state index in [-0.39, 0.29) is 17.5 Å². The van der Waals surface area contributed by atoms with E-state index in [2.05, 4.69) is 0 Å². The van der Waals surface area contributed by atoms with E-state index in [4.69, 9.17) is 4.74 Å². The molecule has 15 heavy (non-hydrogen) atoms. The normalized spacial score (nSPS) is 32.5. The molecule has 0 amide bonds. The van der Waals surface area contributed by atoms with E-state index in [0.29, 0.717) is 30.6 Å². The van der Waals surface area contributed by atoms with Crippen LogP contribution in [0.15, 0.2) is 24.3 Å². The summed E-state index contributed by atoms with van der Waals surface area (Å²) in [5.41, 5.74) is 0.621. The molecule has 2 unspecified atom stereocenters. The summed E-state index contributed by atoms with van der Waals surface area (Å²) in [6.45, 7) is 1.42. The summed E-state index contributed by atoms with van der Waals surface area (Å²) in [4.78, 5) is 12.0. The highest BCUT2D eigenvalue weighted by Gasteiger charge is 2.57. The van der Waals surface area contributed by atoms with Crippen molar-refractivity contribution in [3.05, 3.63) is 35.6 Å². The van der Waals surface area contributed by atoms with Crippen molar-refractivity contribution in [3.63, 3.8) is 0 Å². The monoisotopic (exact) mass is 206 g/mol. The molecule has 1 aliphatic heterocycles. The summed E-state index contributed by atoms with van der Waals surface area (Å²) in [5, 5.41) is 0. The van der Waals surface area contributed by atoms with Crippen molar-refractivity contribution in [1.82, 2.24) is 0 Å². The predicted octanol–water partition coefficient (Wildman–Crippen LogP) is 1.90. The molecule has 1 heterocycles. The summed E-state index contributed by atoms with van der Waals surface area (Å²) < 4.78 is 17.9. The molecule has 2 atom stereocenters. The zero-order valence-electron chi connectivity index (χ0n) is 8.15. The van der Waals surface area contributed by atoms with E-state index in [9.17, 15) is 9.18 Å². The predicted molar refractivity (Wildman–Crippen MR) is 52.0 cm³/mol. The first-order chi connectivity index (χ1) is 7.27. The molecular formula is C12H11FO2. The van der Waals surface area contributed by atoms with Crippen LogP contribution in [0.2, 0.25) is 0 Å². The van der Waals surface area contributed by atoms with Crippen LogP contribution in [0.25, 0.3) is 0 Å². The van der Waals surface area contributed by atoms with Crippen LogP contribution in [0.5, 0.6) is 0 Å². The van der Waals surface area contributed by atoms with Crippen molar-refractivity contribution < 1.29 is 13.9 Å². The molecule has 2 fully saturated rings. The van der Waals surface area contributed by atoms with Crippen molar-refractivity contribution >= 4 is 5.78 Å². The number of Topliss-reactive ketones (excluding diaryl/α,β-unsaturated/α-hetero) is 1. The van der Waals surface area contributed by atoms with Crippen LogP contribution in [0.1, 0.15) is 10.4 Å². The second-order valence-corrected chi connectivity index (χ2v) is 4.26. The maximum absolute atomic E-state index is 12.7. The number of halogens is 1. The Kier molecular flexibility index (Phi) is 1.89. The van der Waals surface area contributed by atoms with Crippen LogP contribution in [-0.2, 0) is 4.74 Å². The van der Waals surface area contributed by atoms with E-state index in [0.717, 1.165) is 0 Å². The first-order valence-corrected chi connectivity index (χ1v) is 5.15. The first kappa shape index (κ1) is 9.04.